The quantitative estimate of drug-likeness (QED) is 0.174. The molecule has 260 valence electrons. The maximum Gasteiger partial charge on any atom is 0.315 e. The van der Waals surface area contributed by atoms with Gasteiger partial charge in [-0.1, -0.05) is 72.8 Å². The minimum Gasteiger partial charge on any atom is -0.346 e. The van der Waals surface area contributed by atoms with Gasteiger partial charge in [0.05, 0.1) is 11.1 Å². The van der Waals surface area contributed by atoms with E-state index in [9.17, 15) is 24.0 Å². The maximum absolute atomic E-state index is 14.4. The molecule has 5 atom stereocenters. The Balaban J connectivity index is 1.32. The number of nitrogens with one attached hydrogen (secondary N) is 4. The van der Waals surface area contributed by atoms with Gasteiger partial charge in [0, 0.05) is 37.3 Å². The van der Waals surface area contributed by atoms with Crippen molar-refractivity contribution in [3.05, 3.63) is 12.7 Å². The lowest BCUT2D eigenvalue weighted by Gasteiger charge is -2.41. The monoisotopic (exact) mass is 670 g/mol. The second-order valence-corrected chi connectivity index (χ2v) is 17.2. The first kappa shape index (κ1) is 35.4. The molecule has 2 heterocycles. The van der Waals surface area contributed by atoms with Crippen LogP contribution in [-0.4, -0.2) is 88.5 Å². The minimum atomic E-state index is -0.964. The number of piperidine rings is 1. The van der Waals surface area contributed by atoms with E-state index in [1.54, 1.807) is 16.7 Å². The maximum atomic E-state index is 14.4. The number of carbonyl (C=O) groups excluding carboxylic acids is 5. The smallest absolute Gasteiger partial charge is 0.315 e. The van der Waals surface area contributed by atoms with Crippen LogP contribution in [0.25, 0.3) is 0 Å². The first-order valence-electron chi connectivity index (χ1n) is 17.5. The number of rotatable bonds is 13. The molecule has 12 heteroatoms. The number of carbonyl (C=O) groups is 5. The number of amides is 5. The van der Waals surface area contributed by atoms with E-state index in [4.69, 9.17) is 0 Å². The topological polar surface area (TPSA) is 149 Å². The van der Waals surface area contributed by atoms with Gasteiger partial charge in [-0.15, -0.1) is 18.3 Å². The summed E-state index contributed by atoms with van der Waals surface area (Å²) in [7, 11) is 0. The van der Waals surface area contributed by atoms with Crippen LogP contribution in [0.15, 0.2) is 17.6 Å². The van der Waals surface area contributed by atoms with Gasteiger partial charge >= 0.3 is 6.03 Å². The van der Waals surface area contributed by atoms with Crippen molar-refractivity contribution in [1.82, 2.24) is 26.2 Å². The number of nitrogens with zero attached hydrogens (tertiary/aromatic N) is 2. The first-order valence-corrected chi connectivity index (χ1v) is 18.4. The molecule has 0 aromatic rings. The van der Waals surface area contributed by atoms with Gasteiger partial charge in [-0.05, 0) is 47.8 Å². The Kier molecular flexibility index (Phi) is 10.5. The Hall–Kier alpha value is -2.89. The van der Waals surface area contributed by atoms with Crippen LogP contribution in [0.5, 0.6) is 0 Å². The third kappa shape index (κ3) is 8.05. The average molecular weight is 671 g/mol. The predicted molar refractivity (Wildman–Crippen MR) is 184 cm³/mol. The van der Waals surface area contributed by atoms with Crippen LogP contribution in [-0.2, 0) is 19.2 Å². The number of ketones is 1. The Bertz CT molecular complexity index is 1300. The molecule has 3 aliphatic carbocycles. The average Bonchev–Trinajstić information content (AvgIpc) is 3.73. The highest BCUT2D eigenvalue weighted by molar-refractivity contribution is 8.14. The summed E-state index contributed by atoms with van der Waals surface area (Å²) in [6.07, 6.45) is 9.44. The lowest BCUT2D eigenvalue weighted by molar-refractivity contribution is -0.145. The molecule has 5 aliphatic rings. The van der Waals surface area contributed by atoms with Gasteiger partial charge in [0.1, 0.15) is 12.1 Å². The van der Waals surface area contributed by atoms with Gasteiger partial charge in [-0.2, -0.15) is 0 Å². The number of likely N-dealkylation sites (tertiary alicyclic amines) is 1. The summed E-state index contributed by atoms with van der Waals surface area (Å²) in [5, 5.41) is 12.8. The number of Topliss-reactive ketones (excluding diaryl/α,β-unsaturated/α-hetero) is 1. The Morgan fingerprint density at radius 3 is 2.38 bits per heavy atom. The van der Waals surface area contributed by atoms with E-state index in [1.807, 2.05) is 20.8 Å². The normalized spacial score (nSPS) is 27.0. The largest absolute Gasteiger partial charge is 0.346 e. The molecule has 0 radical (unpaired) electrons. The van der Waals surface area contributed by atoms with Gasteiger partial charge in [0.15, 0.2) is 0 Å². The van der Waals surface area contributed by atoms with E-state index >= 15 is 0 Å². The molecule has 5 amide bonds. The van der Waals surface area contributed by atoms with Gasteiger partial charge < -0.3 is 26.2 Å². The molecule has 4 N–H and O–H groups in total. The van der Waals surface area contributed by atoms with Crippen molar-refractivity contribution in [1.29, 1.82) is 0 Å². The molecule has 47 heavy (non-hydrogen) atoms. The van der Waals surface area contributed by atoms with Crippen molar-refractivity contribution >= 4 is 46.3 Å². The summed E-state index contributed by atoms with van der Waals surface area (Å²) in [6.45, 7) is 14.9. The Morgan fingerprint density at radius 1 is 1.09 bits per heavy atom. The zero-order valence-electron chi connectivity index (χ0n) is 28.8. The van der Waals surface area contributed by atoms with E-state index < -0.39 is 46.7 Å². The molecule has 5 rings (SSSR count). The second kappa shape index (κ2) is 13.9. The van der Waals surface area contributed by atoms with Gasteiger partial charge in [0.25, 0.3) is 5.91 Å². The number of hydrogen-bond acceptors (Lipinski definition) is 7. The molecule has 2 aliphatic heterocycles. The summed E-state index contributed by atoms with van der Waals surface area (Å²) in [4.78, 5) is 74.2. The molecule has 0 aromatic carbocycles. The van der Waals surface area contributed by atoms with Crippen LogP contribution in [0, 0.1) is 28.6 Å². The summed E-state index contributed by atoms with van der Waals surface area (Å²) in [5.41, 5.74) is -1.18. The van der Waals surface area contributed by atoms with Crippen molar-refractivity contribution in [3.8, 4) is 0 Å². The summed E-state index contributed by atoms with van der Waals surface area (Å²) in [6, 6.07) is -3.03. The van der Waals surface area contributed by atoms with E-state index in [-0.39, 0.29) is 41.7 Å². The van der Waals surface area contributed by atoms with Gasteiger partial charge in [-0.25, -0.2) is 4.79 Å². The van der Waals surface area contributed by atoms with Crippen molar-refractivity contribution in [3.63, 3.8) is 0 Å². The predicted octanol–water partition coefficient (Wildman–Crippen LogP) is 3.58. The highest BCUT2D eigenvalue weighted by Gasteiger charge is 2.70. The van der Waals surface area contributed by atoms with Crippen LogP contribution in [0.3, 0.4) is 0 Å². The van der Waals surface area contributed by atoms with Crippen LogP contribution >= 0.6 is 11.8 Å². The Labute approximate surface area is 283 Å². The van der Waals surface area contributed by atoms with E-state index in [1.165, 1.54) is 6.08 Å². The number of urea groups is 1. The molecular weight excluding hydrogens is 616 g/mol. The molecule has 4 fully saturated rings. The zero-order valence-corrected chi connectivity index (χ0v) is 29.6. The van der Waals surface area contributed by atoms with Gasteiger partial charge in [0.2, 0.25) is 17.6 Å². The fraction of sp³-hybridized carbons (Fsp3) is 0.771. The highest BCUT2D eigenvalue weighted by atomic mass is 32.2. The van der Waals surface area contributed by atoms with Crippen LogP contribution in [0.4, 0.5) is 4.79 Å². The lowest BCUT2D eigenvalue weighted by atomic mass is 9.79. The molecule has 3 saturated carbocycles. The van der Waals surface area contributed by atoms with Crippen molar-refractivity contribution in [2.24, 2.45) is 33.6 Å². The van der Waals surface area contributed by atoms with E-state index in [0.29, 0.717) is 19.4 Å². The molecule has 11 nitrogen and oxygen atoms in total. The Morgan fingerprint density at radius 2 is 1.79 bits per heavy atom. The number of thioether (sulfide) groups is 1. The summed E-state index contributed by atoms with van der Waals surface area (Å²) < 4.78 is 0. The third-order valence-electron chi connectivity index (χ3n) is 11.0. The van der Waals surface area contributed by atoms with Crippen molar-refractivity contribution < 1.29 is 24.0 Å². The van der Waals surface area contributed by atoms with Crippen LogP contribution in [0.1, 0.15) is 92.4 Å². The van der Waals surface area contributed by atoms with Gasteiger partial charge in [-0.3, -0.25) is 24.2 Å². The minimum absolute atomic E-state index is 0.0811. The number of fused-ring (bicyclic) bond motifs is 1. The van der Waals surface area contributed by atoms with Crippen molar-refractivity contribution in [2.75, 3.05) is 25.4 Å². The zero-order chi connectivity index (χ0) is 34.1. The molecule has 0 aromatic heterocycles. The lowest BCUT2D eigenvalue weighted by Crippen LogP contribution is -2.63. The second-order valence-electron chi connectivity index (χ2n) is 16.0. The highest BCUT2D eigenvalue weighted by Crippen LogP contribution is 2.65. The van der Waals surface area contributed by atoms with Crippen LogP contribution in [0.2, 0.25) is 0 Å². The first-order chi connectivity index (χ1) is 22.2. The number of hydrogen-bond donors (Lipinski definition) is 4. The standard InChI is InChI=1S/C35H54N6O5S/c1-7-15-37-30(44)27(42)23(18-21-11-12-21)38-29(43)26-25-22(34(25,5)6)20-41(26)31(45)28(33(2,3)4)39-32(46)40-35(13-9-8-10-14-35)19-24-36-16-17-47-24/h7,21-23,25-26,28H,1,8-20H2,2-6H3,(H,37,44)(H,38,43)(H2,39,40,46)/t22-,23?,25-,26-,28+/m0/s1. The summed E-state index contributed by atoms with van der Waals surface area (Å²) >= 11 is 1.76. The summed E-state index contributed by atoms with van der Waals surface area (Å²) in [5.74, 6) is -0.862. The van der Waals surface area contributed by atoms with E-state index in [0.717, 1.165) is 62.3 Å². The number of aliphatic imine (C=N–C) groups is 1. The SMILES string of the molecule is C=CCNC(=O)C(=O)C(CC1CC1)NC(=O)[C@@H]1[C@@H]2[C@H](CN1C(=O)[C@@H](NC(=O)NC1(CC3=NCCS3)CCCCC1)C(C)(C)C)C2(C)C. The molecule has 1 saturated heterocycles. The molecular formula is C35H54N6O5S. The molecule has 0 bridgehead atoms. The fourth-order valence-corrected chi connectivity index (χ4v) is 8.95. The van der Waals surface area contributed by atoms with E-state index in [2.05, 4.69) is 46.7 Å². The van der Waals surface area contributed by atoms with Crippen molar-refractivity contribution in [2.45, 2.75) is 116 Å². The molecule has 1 unspecified atom stereocenters. The van der Waals surface area contributed by atoms with Crippen LogP contribution < -0.4 is 21.3 Å². The molecule has 0 spiro atoms. The third-order valence-corrected chi connectivity index (χ3v) is 12.0. The fourth-order valence-electron chi connectivity index (χ4n) is 7.97.